The molecule has 1 saturated heterocycles. The number of fused-ring (bicyclic) bond motifs is 2. The molecule has 5 heterocycles. The number of rotatable bonds is 4. The maximum Gasteiger partial charge on any atom is 0.490 e. The van der Waals surface area contributed by atoms with Crippen LogP contribution in [0, 0.1) is 0 Å². The number of nitrogens with two attached hydrogens (primary N) is 1. The van der Waals surface area contributed by atoms with Crippen LogP contribution in [0.2, 0.25) is 0 Å². The molecule has 42 heavy (non-hydrogen) atoms. The summed E-state index contributed by atoms with van der Waals surface area (Å²) < 4.78 is 42.1. The van der Waals surface area contributed by atoms with E-state index in [2.05, 4.69) is 27.3 Å². The van der Waals surface area contributed by atoms with Crippen LogP contribution in [-0.2, 0) is 9.59 Å². The summed E-state index contributed by atoms with van der Waals surface area (Å²) in [4.78, 5) is 31.5. The Bertz CT molecular complexity index is 1770. The molecule has 220 valence electrons. The number of thioether (sulfide) groups is 1. The van der Waals surface area contributed by atoms with Crippen molar-refractivity contribution in [2.45, 2.75) is 36.3 Å². The third kappa shape index (κ3) is 5.92. The molecule has 0 atom stereocenters. The van der Waals surface area contributed by atoms with Crippen LogP contribution < -0.4 is 5.73 Å². The largest absolute Gasteiger partial charge is 0.490 e. The van der Waals surface area contributed by atoms with Gasteiger partial charge in [-0.1, -0.05) is 17.8 Å². The van der Waals surface area contributed by atoms with E-state index in [4.69, 9.17) is 20.1 Å². The standard InChI is InChI=1S/C25H24N6O2S2.C2HF3O2/c1-14(32)30-8-6-16(7-9-30)31-13-15(11-28-31)19-12-27-24(26)22-18(19)10-21(33-22)17-4-3-5-20-23(17)35-25(29-20)34-2;3-2(4,5)1(6)7/h3-5,10-13,16H,6-9H2,1-2H3,(H2,26,27);(H,6,7). The monoisotopic (exact) mass is 618 g/mol. The number of amides is 1. The Morgan fingerprint density at radius 3 is 2.55 bits per heavy atom. The molecular formula is C27H25F3N6O4S2. The van der Waals surface area contributed by atoms with E-state index in [1.54, 1.807) is 36.2 Å². The number of aromatic nitrogens is 4. The van der Waals surface area contributed by atoms with Crippen LogP contribution in [0.15, 0.2) is 51.6 Å². The number of aliphatic carboxylic acids is 1. The first-order chi connectivity index (χ1) is 20.0. The van der Waals surface area contributed by atoms with Crippen molar-refractivity contribution in [1.29, 1.82) is 0 Å². The Morgan fingerprint density at radius 1 is 1.19 bits per heavy atom. The molecule has 5 aromatic rings. The number of thiazole rings is 1. The second-order valence-electron chi connectivity index (χ2n) is 9.50. The van der Waals surface area contributed by atoms with E-state index < -0.39 is 12.1 Å². The lowest BCUT2D eigenvalue weighted by molar-refractivity contribution is -0.192. The highest BCUT2D eigenvalue weighted by Gasteiger charge is 2.38. The van der Waals surface area contributed by atoms with Gasteiger partial charge in [-0.25, -0.2) is 14.8 Å². The number of anilines is 1. The number of pyridine rings is 1. The second kappa shape index (κ2) is 11.6. The minimum atomic E-state index is -5.08. The average Bonchev–Trinajstić information content (AvgIpc) is 3.71. The van der Waals surface area contributed by atoms with E-state index in [9.17, 15) is 18.0 Å². The van der Waals surface area contributed by atoms with E-state index in [1.165, 1.54) is 0 Å². The zero-order chi connectivity index (χ0) is 30.2. The third-order valence-electron chi connectivity index (χ3n) is 6.86. The van der Waals surface area contributed by atoms with Crippen LogP contribution in [0.5, 0.6) is 0 Å². The van der Waals surface area contributed by atoms with Crippen molar-refractivity contribution in [3.8, 4) is 22.5 Å². The quantitative estimate of drug-likeness (QED) is 0.229. The summed E-state index contributed by atoms with van der Waals surface area (Å²) in [5.41, 5.74) is 10.6. The maximum absolute atomic E-state index is 11.7. The summed E-state index contributed by atoms with van der Waals surface area (Å²) in [6, 6.07) is 8.38. The van der Waals surface area contributed by atoms with Gasteiger partial charge in [0, 0.05) is 54.5 Å². The number of halogens is 3. The fourth-order valence-electron chi connectivity index (χ4n) is 4.74. The van der Waals surface area contributed by atoms with Gasteiger partial charge in [0.25, 0.3) is 0 Å². The number of carboxylic acid groups (broad SMARTS) is 1. The smallest absolute Gasteiger partial charge is 0.475 e. The SMILES string of the molecule is CSc1nc2cccc(-c3cc4c(-c5cnn(C6CCN(C(C)=O)CC6)c5)cnc(N)c4o3)c2s1.O=C(O)C(F)(F)F. The van der Waals surface area contributed by atoms with Gasteiger partial charge < -0.3 is 20.2 Å². The Kier molecular flexibility index (Phi) is 8.14. The number of alkyl halides is 3. The molecule has 3 N–H and O–H groups in total. The molecule has 1 fully saturated rings. The first-order valence-corrected chi connectivity index (χ1v) is 14.7. The lowest BCUT2D eigenvalue weighted by Crippen LogP contribution is -2.37. The summed E-state index contributed by atoms with van der Waals surface area (Å²) in [5.74, 6) is -1.52. The number of carbonyl (C=O) groups excluding carboxylic acids is 1. The molecule has 0 spiro atoms. The molecule has 0 unspecified atom stereocenters. The van der Waals surface area contributed by atoms with E-state index in [-0.39, 0.29) is 11.9 Å². The van der Waals surface area contributed by atoms with E-state index in [1.807, 2.05) is 40.2 Å². The molecule has 1 aromatic carbocycles. The Balaban J connectivity index is 0.000000451. The summed E-state index contributed by atoms with van der Waals surface area (Å²) in [5, 5.41) is 12.7. The Hall–Kier alpha value is -4.11. The highest BCUT2D eigenvalue weighted by Crippen LogP contribution is 2.41. The van der Waals surface area contributed by atoms with Crippen LogP contribution >= 0.6 is 23.1 Å². The molecule has 6 rings (SSSR count). The van der Waals surface area contributed by atoms with Gasteiger partial charge in [0.2, 0.25) is 5.91 Å². The predicted molar refractivity (Wildman–Crippen MR) is 154 cm³/mol. The van der Waals surface area contributed by atoms with Gasteiger partial charge in [-0.3, -0.25) is 9.48 Å². The minimum Gasteiger partial charge on any atom is -0.475 e. The van der Waals surface area contributed by atoms with Crippen molar-refractivity contribution in [2.24, 2.45) is 0 Å². The summed E-state index contributed by atoms with van der Waals surface area (Å²) >= 11 is 3.30. The molecule has 0 bridgehead atoms. The molecule has 1 aliphatic heterocycles. The van der Waals surface area contributed by atoms with Gasteiger partial charge in [0.15, 0.2) is 15.7 Å². The molecular weight excluding hydrogens is 593 g/mol. The number of carbonyl (C=O) groups is 2. The topological polar surface area (TPSA) is 140 Å². The Labute approximate surface area is 245 Å². The van der Waals surface area contributed by atoms with Crippen molar-refractivity contribution in [2.75, 3.05) is 25.1 Å². The molecule has 0 aliphatic carbocycles. The number of hydrogen-bond donors (Lipinski definition) is 2. The van der Waals surface area contributed by atoms with Crippen LogP contribution in [0.25, 0.3) is 43.6 Å². The molecule has 1 aliphatic rings. The lowest BCUT2D eigenvalue weighted by atomic mass is 10.0. The van der Waals surface area contributed by atoms with Gasteiger partial charge in [-0.2, -0.15) is 18.3 Å². The zero-order valence-corrected chi connectivity index (χ0v) is 24.0. The molecule has 0 radical (unpaired) electrons. The zero-order valence-electron chi connectivity index (χ0n) is 22.4. The van der Waals surface area contributed by atoms with E-state index in [0.29, 0.717) is 11.4 Å². The van der Waals surface area contributed by atoms with Crippen molar-refractivity contribution in [3.05, 3.63) is 42.9 Å². The number of likely N-dealkylation sites (tertiary alicyclic amines) is 1. The first kappa shape index (κ1) is 29.4. The lowest BCUT2D eigenvalue weighted by Gasteiger charge is -2.31. The van der Waals surface area contributed by atoms with Crippen LogP contribution in [0.1, 0.15) is 25.8 Å². The molecule has 1 amide bonds. The molecule has 0 saturated carbocycles. The van der Waals surface area contributed by atoms with Crippen LogP contribution in [0.3, 0.4) is 0 Å². The second-order valence-corrected chi connectivity index (χ2v) is 11.5. The van der Waals surface area contributed by atoms with Crippen LogP contribution in [-0.4, -0.2) is 67.2 Å². The number of nitrogens with zero attached hydrogens (tertiary/aromatic N) is 5. The number of carboxylic acids is 1. The average molecular weight is 619 g/mol. The third-order valence-corrected chi connectivity index (χ3v) is 8.95. The summed E-state index contributed by atoms with van der Waals surface area (Å²) in [6.45, 7) is 3.15. The molecule has 4 aromatic heterocycles. The van der Waals surface area contributed by atoms with Gasteiger partial charge in [0.05, 0.1) is 22.5 Å². The van der Waals surface area contributed by atoms with Crippen molar-refractivity contribution in [1.82, 2.24) is 24.6 Å². The van der Waals surface area contributed by atoms with E-state index in [0.717, 1.165) is 68.3 Å². The Morgan fingerprint density at radius 2 is 1.90 bits per heavy atom. The van der Waals surface area contributed by atoms with Gasteiger partial charge in [-0.05, 0) is 37.3 Å². The fraction of sp³-hybridized carbons (Fsp3) is 0.296. The number of piperidine rings is 1. The first-order valence-electron chi connectivity index (χ1n) is 12.7. The predicted octanol–water partition coefficient (Wildman–Crippen LogP) is 6.09. The highest BCUT2D eigenvalue weighted by molar-refractivity contribution is 8.00. The van der Waals surface area contributed by atoms with Crippen molar-refractivity contribution < 1.29 is 32.3 Å². The van der Waals surface area contributed by atoms with Gasteiger partial charge >= 0.3 is 12.1 Å². The number of benzene rings is 1. The molecule has 15 heteroatoms. The molecule has 10 nitrogen and oxygen atoms in total. The summed E-state index contributed by atoms with van der Waals surface area (Å²) in [7, 11) is 0. The number of furan rings is 1. The van der Waals surface area contributed by atoms with Crippen LogP contribution in [0.4, 0.5) is 19.0 Å². The summed E-state index contributed by atoms with van der Waals surface area (Å²) in [6.07, 6.45) is 4.44. The number of hydrogen-bond acceptors (Lipinski definition) is 9. The number of nitrogen functional groups attached to an aromatic ring is 1. The van der Waals surface area contributed by atoms with Gasteiger partial charge in [0.1, 0.15) is 5.76 Å². The highest BCUT2D eigenvalue weighted by atomic mass is 32.2. The van der Waals surface area contributed by atoms with Crippen molar-refractivity contribution >= 4 is 62.0 Å². The normalized spacial score (nSPS) is 14.3. The fourth-order valence-corrected chi connectivity index (χ4v) is 6.33. The van der Waals surface area contributed by atoms with E-state index >= 15 is 0 Å². The van der Waals surface area contributed by atoms with Crippen molar-refractivity contribution in [3.63, 3.8) is 0 Å². The minimum absolute atomic E-state index is 0.134. The maximum atomic E-state index is 11.7. The van der Waals surface area contributed by atoms with Gasteiger partial charge in [-0.15, -0.1) is 11.3 Å².